The fraction of sp³-hybridized carbons (Fsp3) is 0.381. The number of rotatable bonds is 4. The molecule has 1 fully saturated rings. The maximum absolute atomic E-state index is 12.3. The van der Waals surface area contributed by atoms with Crippen molar-refractivity contribution in [1.29, 1.82) is 0 Å². The molecule has 1 N–H and O–H groups in total. The third-order valence-electron chi connectivity index (χ3n) is 5.21. The minimum absolute atomic E-state index is 0.0958. The van der Waals surface area contributed by atoms with Gasteiger partial charge in [0, 0.05) is 5.69 Å². The largest absolute Gasteiger partial charge is 0.490 e. The van der Waals surface area contributed by atoms with E-state index in [2.05, 4.69) is 23.5 Å². The molecule has 2 aliphatic rings. The monoisotopic (exact) mass is 321 g/mol. The predicted octanol–water partition coefficient (Wildman–Crippen LogP) is 4.59. The summed E-state index contributed by atoms with van der Waals surface area (Å²) in [7, 11) is 0. The lowest BCUT2D eigenvalue weighted by molar-refractivity contribution is -0.117. The number of fused-ring (bicyclic) bond motifs is 1. The molecule has 4 rings (SSSR count). The van der Waals surface area contributed by atoms with Crippen molar-refractivity contribution in [3.05, 3.63) is 59.2 Å². The van der Waals surface area contributed by atoms with Crippen LogP contribution in [0.25, 0.3) is 0 Å². The number of hydrogen-bond donors (Lipinski definition) is 1. The van der Waals surface area contributed by atoms with Crippen LogP contribution in [0, 0.1) is 6.92 Å². The van der Waals surface area contributed by atoms with Crippen molar-refractivity contribution in [2.75, 3.05) is 5.32 Å². The van der Waals surface area contributed by atoms with Crippen molar-refractivity contribution in [2.24, 2.45) is 0 Å². The number of nitrogens with one attached hydrogen (secondary N) is 1. The molecule has 124 valence electrons. The van der Waals surface area contributed by atoms with Crippen LogP contribution in [0.5, 0.6) is 5.75 Å². The number of aryl methyl sites for hydroxylation is 1. The first-order valence-corrected chi connectivity index (χ1v) is 8.86. The zero-order valence-electron chi connectivity index (χ0n) is 14.0. The number of hydrogen-bond acceptors (Lipinski definition) is 2. The first-order valence-electron chi connectivity index (χ1n) is 8.86. The molecule has 1 aliphatic carbocycles. The topological polar surface area (TPSA) is 38.3 Å². The molecule has 1 amide bonds. The summed E-state index contributed by atoms with van der Waals surface area (Å²) in [6.07, 6.45) is 5.99. The lowest BCUT2D eigenvalue weighted by Crippen LogP contribution is -2.14. The molecular weight excluding hydrogens is 298 g/mol. The second-order valence-electron chi connectivity index (χ2n) is 6.95. The van der Waals surface area contributed by atoms with Gasteiger partial charge >= 0.3 is 0 Å². The van der Waals surface area contributed by atoms with Gasteiger partial charge in [0.05, 0.1) is 12.0 Å². The van der Waals surface area contributed by atoms with Crippen LogP contribution in [-0.2, 0) is 11.2 Å². The Bertz CT molecular complexity index is 745. The summed E-state index contributed by atoms with van der Waals surface area (Å²) in [5.41, 5.74) is 4.41. The molecule has 2 aromatic carbocycles. The predicted molar refractivity (Wildman–Crippen MR) is 95.6 cm³/mol. The highest BCUT2D eigenvalue weighted by Crippen LogP contribution is 2.37. The number of benzene rings is 2. The van der Waals surface area contributed by atoms with Crippen molar-refractivity contribution < 1.29 is 9.53 Å². The van der Waals surface area contributed by atoms with Gasteiger partial charge in [-0.15, -0.1) is 0 Å². The lowest BCUT2D eigenvalue weighted by atomic mass is 9.92. The second-order valence-corrected chi connectivity index (χ2v) is 6.95. The molecule has 0 spiro atoms. The lowest BCUT2D eigenvalue weighted by Gasteiger charge is -2.14. The van der Waals surface area contributed by atoms with Crippen molar-refractivity contribution in [3.63, 3.8) is 0 Å². The molecule has 0 saturated heterocycles. The minimum atomic E-state index is -0.0958. The van der Waals surface area contributed by atoms with E-state index in [-0.39, 0.29) is 11.8 Å². The summed E-state index contributed by atoms with van der Waals surface area (Å²) in [5, 5.41) is 3.03. The smallest absolute Gasteiger partial charge is 0.232 e. The standard InChI is InChI=1S/C21H23NO2/c1-14-5-4-8-18-19(21(23)22-20(14)18)13-15-9-11-17(12-10-15)24-16-6-2-3-7-16/h4-5,8-12,16,19H,2-3,6-7,13H2,1H3,(H,22,23)/t19-/m1/s1. The molecule has 0 bridgehead atoms. The summed E-state index contributed by atoms with van der Waals surface area (Å²) in [4.78, 5) is 12.3. The van der Waals surface area contributed by atoms with Gasteiger partial charge in [0.25, 0.3) is 0 Å². The van der Waals surface area contributed by atoms with Crippen LogP contribution >= 0.6 is 0 Å². The molecule has 1 aliphatic heterocycles. The molecule has 1 heterocycles. The van der Waals surface area contributed by atoms with Crippen LogP contribution in [0.2, 0.25) is 0 Å². The highest BCUT2D eigenvalue weighted by Gasteiger charge is 2.31. The van der Waals surface area contributed by atoms with E-state index < -0.39 is 0 Å². The first kappa shape index (κ1) is 15.3. The average molecular weight is 321 g/mol. The number of carbonyl (C=O) groups excluding carboxylic acids is 1. The van der Waals surface area contributed by atoms with Crippen LogP contribution in [0.4, 0.5) is 5.69 Å². The summed E-state index contributed by atoms with van der Waals surface area (Å²) in [6, 6.07) is 14.4. The number of anilines is 1. The minimum Gasteiger partial charge on any atom is -0.490 e. The normalized spacial score (nSPS) is 20.0. The third-order valence-corrected chi connectivity index (χ3v) is 5.21. The average Bonchev–Trinajstić information content (AvgIpc) is 3.19. The highest BCUT2D eigenvalue weighted by atomic mass is 16.5. The van der Waals surface area contributed by atoms with Gasteiger partial charge < -0.3 is 10.1 Å². The molecule has 0 aromatic heterocycles. The molecular formula is C21H23NO2. The molecule has 3 heteroatoms. The number of carbonyl (C=O) groups is 1. The second kappa shape index (κ2) is 6.31. The third kappa shape index (κ3) is 2.91. The van der Waals surface area contributed by atoms with E-state index in [1.54, 1.807) is 0 Å². The van der Waals surface area contributed by atoms with E-state index in [9.17, 15) is 4.79 Å². The van der Waals surface area contributed by atoms with Gasteiger partial charge in [-0.05, 0) is 67.9 Å². The molecule has 2 aromatic rings. The van der Waals surface area contributed by atoms with Gasteiger partial charge in [-0.1, -0.05) is 30.3 Å². The maximum Gasteiger partial charge on any atom is 0.232 e. The fourth-order valence-corrected chi connectivity index (χ4v) is 3.84. The van der Waals surface area contributed by atoms with Gasteiger partial charge in [0.2, 0.25) is 5.91 Å². The number of amides is 1. The van der Waals surface area contributed by atoms with Gasteiger partial charge in [-0.25, -0.2) is 0 Å². The fourth-order valence-electron chi connectivity index (χ4n) is 3.84. The molecule has 0 radical (unpaired) electrons. The van der Waals surface area contributed by atoms with Crippen molar-refractivity contribution in [2.45, 2.75) is 51.0 Å². The zero-order valence-corrected chi connectivity index (χ0v) is 14.0. The molecule has 1 saturated carbocycles. The summed E-state index contributed by atoms with van der Waals surface area (Å²) < 4.78 is 6.01. The van der Waals surface area contributed by atoms with Gasteiger partial charge in [-0.3, -0.25) is 4.79 Å². The van der Waals surface area contributed by atoms with Crippen LogP contribution in [0.1, 0.15) is 48.3 Å². The maximum atomic E-state index is 12.3. The summed E-state index contributed by atoms with van der Waals surface area (Å²) in [6.45, 7) is 2.04. The van der Waals surface area contributed by atoms with E-state index in [0.29, 0.717) is 6.10 Å². The van der Waals surface area contributed by atoms with Gasteiger partial charge in [0.1, 0.15) is 5.75 Å². The van der Waals surface area contributed by atoms with E-state index >= 15 is 0 Å². The Hall–Kier alpha value is -2.29. The Kier molecular flexibility index (Phi) is 4.01. The van der Waals surface area contributed by atoms with E-state index in [0.717, 1.165) is 29.0 Å². The van der Waals surface area contributed by atoms with Crippen LogP contribution < -0.4 is 10.1 Å². The number of ether oxygens (including phenoxy) is 1. The Balaban J connectivity index is 1.48. The summed E-state index contributed by atoms with van der Waals surface area (Å²) in [5.74, 6) is 0.949. The number of para-hydroxylation sites is 1. The molecule has 24 heavy (non-hydrogen) atoms. The van der Waals surface area contributed by atoms with Gasteiger partial charge in [-0.2, -0.15) is 0 Å². The van der Waals surface area contributed by atoms with Gasteiger partial charge in [0.15, 0.2) is 0 Å². The Morgan fingerprint density at radius 1 is 1.08 bits per heavy atom. The Labute approximate surface area is 143 Å². The van der Waals surface area contributed by atoms with Crippen LogP contribution in [0.3, 0.4) is 0 Å². The SMILES string of the molecule is Cc1cccc2c1NC(=O)[C@@H]2Cc1ccc(OC2CCCC2)cc1. The van der Waals surface area contributed by atoms with E-state index in [4.69, 9.17) is 4.74 Å². The van der Waals surface area contributed by atoms with E-state index in [1.165, 1.54) is 31.2 Å². The molecule has 0 unspecified atom stereocenters. The van der Waals surface area contributed by atoms with Crippen LogP contribution in [0.15, 0.2) is 42.5 Å². The van der Waals surface area contributed by atoms with Crippen molar-refractivity contribution >= 4 is 11.6 Å². The first-order chi connectivity index (χ1) is 11.7. The Morgan fingerprint density at radius 2 is 1.83 bits per heavy atom. The van der Waals surface area contributed by atoms with Crippen LogP contribution in [-0.4, -0.2) is 12.0 Å². The quantitative estimate of drug-likeness (QED) is 0.894. The van der Waals surface area contributed by atoms with Crippen molar-refractivity contribution in [3.8, 4) is 5.75 Å². The highest BCUT2D eigenvalue weighted by molar-refractivity contribution is 6.03. The Morgan fingerprint density at radius 3 is 2.58 bits per heavy atom. The molecule has 3 nitrogen and oxygen atoms in total. The molecule has 1 atom stereocenters. The van der Waals surface area contributed by atoms with E-state index in [1.807, 2.05) is 31.2 Å². The summed E-state index contributed by atoms with van der Waals surface area (Å²) >= 11 is 0. The zero-order chi connectivity index (χ0) is 16.5. The van der Waals surface area contributed by atoms with Crippen molar-refractivity contribution in [1.82, 2.24) is 0 Å².